The number of nitro benzene ring substituents is 1. The van der Waals surface area contributed by atoms with E-state index in [4.69, 9.17) is 16.3 Å². The smallest absolute Gasteiger partial charge is 0.343 e. The van der Waals surface area contributed by atoms with Crippen LogP contribution >= 0.6 is 11.6 Å². The fourth-order valence-electron chi connectivity index (χ4n) is 2.79. The van der Waals surface area contributed by atoms with Gasteiger partial charge in [-0.05, 0) is 66.6 Å². The Hall–Kier alpha value is -4.48. The van der Waals surface area contributed by atoms with Crippen LogP contribution in [0, 0.1) is 28.4 Å². The molecule has 33 heavy (non-hydrogen) atoms. The third-order valence-corrected chi connectivity index (χ3v) is 4.77. The van der Waals surface area contributed by atoms with E-state index in [1.54, 1.807) is 43.3 Å². The number of anilines is 1. The summed E-state index contributed by atoms with van der Waals surface area (Å²) in [7, 11) is 0. The first-order valence-electron chi connectivity index (χ1n) is 9.53. The van der Waals surface area contributed by atoms with Crippen LogP contribution in [-0.2, 0) is 4.79 Å². The van der Waals surface area contributed by atoms with Gasteiger partial charge in [0, 0.05) is 22.8 Å². The van der Waals surface area contributed by atoms with E-state index in [0.29, 0.717) is 27.4 Å². The quantitative estimate of drug-likeness (QED) is 0.132. The number of benzene rings is 3. The molecule has 0 saturated heterocycles. The fraction of sp³-hybridized carbons (Fsp3) is 0.0417. The summed E-state index contributed by atoms with van der Waals surface area (Å²) in [6.07, 6.45) is 1.38. The zero-order chi connectivity index (χ0) is 24.0. The molecule has 0 heterocycles. The van der Waals surface area contributed by atoms with Gasteiger partial charge in [-0.2, -0.15) is 5.26 Å². The number of nitrogens with one attached hydrogen (secondary N) is 1. The van der Waals surface area contributed by atoms with Crippen molar-refractivity contribution in [2.75, 3.05) is 5.32 Å². The predicted molar refractivity (Wildman–Crippen MR) is 123 cm³/mol. The Morgan fingerprint density at radius 3 is 2.33 bits per heavy atom. The SMILES string of the molecule is Cc1cc([N+](=O)[O-])ccc1NC(=O)/C(C#N)=C/c1ccc(OC(=O)c2ccc(Cl)cc2)cc1. The molecule has 3 aromatic carbocycles. The molecule has 0 radical (unpaired) electrons. The summed E-state index contributed by atoms with van der Waals surface area (Å²) in [4.78, 5) is 35.0. The van der Waals surface area contributed by atoms with Crippen LogP contribution in [0.4, 0.5) is 11.4 Å². The summed E-state index contributed by atoms with van der Waals surface area (Å²) < 4.78 is 5.30. The van der Waals surface area contributed by atoms with Gasteiger partial charge in [0.1, 0.15) is 17.4 Å². The summed E-state index contributed by atoms with van der Waals surface area (Å²) in [5, 5.41) is 23.3. The van der Waals surface area contributed by atoms with Gasteiger partial charge in [0.05, 0.1) is 10.5 Å². The van der Waals surface area contributed by atoms with Crippen LogP contribution in [0.25, 0.3) is 6.08 Å². The van der Waals surface area contributed by atoms with Crippen LogP contribution in [0.1, 0.15) is 21.5 Å². The lowest BCUT2D eigenvalue weighted by atomic mass is 10.1. The number of amides is 1. The van der Waals surface area contributed by atoms with Crippen LogP contribution in [-0.4, -0.2) is 16.8 Å². The van der Waals surface area contributed by atoms with Gasteiger partial charge in [-0.1, -0.05) is 23.7 Å². The minimum absolute atomic E-state index is 0.0987. The fourth-order valence-corrected chi connectivity index (χ4v) is 2.92. The van der Waals surface area contributed by atoms with Crippen molar-refractivity contribution in [1.29, 1.82) is 5.26 Å². The lowest BCUT2D eigenvalue weighted by Gasteiger charge is -2.08. The van der Waals surface area contributed by atoms with Crippen molar-refractivity contribution in [2.45, 2.75) is 6.92 Å². The van der Waals surface area contributed by atoms with Crippen LogP contribution in [0.5, 0.6) is 5.75 Å². The molecule has 0 aliphatic heterocycles. The maximum Gasteiger partial charge on any atom is 0.343 e. The molecule has 0 bridgehead atoms. The van der Waals surface area contributed by atoms with E-state index in [1.807, 2.05) is 6.07 Å². The van der Waals surface area contributed by atoms with Crippen molar-refractivity contribution < 1.29 is 19.2 Å². The molecule has 164 valence electrons. The first-order valence-corrected chi connectivity index (χ1v) is 9.90. The molecule has 0 spiro atoms. The Bertz CT molecular complexity index is 1290. The Kier molecular flexibility index (Phi) is 7.18. The van der Waals surface area contributed by atoms with E-state index < -0.39 is 16.8 Å². The largest absolute Gasteiger partial charge is 0.423 e. The molecule has 0 aliphatic carbocycles. The van der Waals surface area contributed by atoms with Crippen LogP contribution in [0.3, 0.4) is 0 Å². The molecule has 3 rings (SSSR count). The molecule has 0 aliphatic rings. The molecule has 0 aromatic heterocycles. The lowest BCUT2D eigenvalue weighted by molar-refractivity contribution is -0.384. The second kappa shape index (κ2) is 10.2. The van der Waals surface area contributed by atoms with Gasteiger partial charge in [0.25, 0.3) is 11.6 Å². The van der Waals surface area contributed by atoms with Gasteiger partial charge in [0.15, 0.2) is 0 Å². The maximum absolute atomic E-state index is 12.5. The highest BCUT2D eigenvalue weighted by atomic mass is 35.5. The number of rotatable bonds is 6. The zero-order valence-corrected chi connectivity index (χ0v) is 18.0. The normalized spacial score (nSPS) is 10.8. The first kappa shape index (κ1) is 23.2. The van der Waals surface area contributed by atoms with E-state index in [1.165, 1.54) is 36.4 Å². The van der Waals surface area contributed by atoms with Crippen LogP contribution in [0.15, 0.2) is 72.3 Å². The molecule has 0 unspecified atom stereocenters. The highest BCUT2D eigenvalue weighted by Gasteiger charge is 2.14. The van der Waals surface area contributed by atoms with Gasteiger partial charge in [-0.25, -0.2) is 4.79 Å². The Morgan fingerprint density at radius 2 is 1.76 bits per heavy atom. The lowest BCUT2D eigenvalue weighted by Crippen LogP contribution is -2.14. The predicted octanol–water partition coefficient (Wildman–Crippen LogP) is 5.32. The molecule has 1 N–H and O–H groups in total. The molecular formula is C24H16ClN3O5. The minimum Gasteiger partial charge on any atom is -0.423 e. The number of hydrogen-bond acceptors (Lipinski definition) is 6. The number of carbonyl (C=O) groups excluding carboxylic acids is 2. The summed E-state index contributed by atoms with van der Waals surface area (Å²) in [6, 6.07) is 18.3. The Morgan fingerprint density at radius 1 is 1.09 bits per heavy atom. The van der Waals surface area contributed by atoms with Crippen molar-refractivity contribution in [1.82, 2.24) is 0 Å². The van der Waals surface area contributed by atoms with Gasteiger partial charge < -0.3 is 10.1 Å². The number of nitro groups is 1. The van der Waals surface area contributed by atoms with Gasteiger partial charge in [-0.15, -0.1) is 0 Å². The van der Waals surface area contributed by atoms with Gasteiger partial charge >= 0.3 is 5.97 Å². The van der Waals surface area contributed by atoms with E-state index in [9.17, 15) is 25.0 Å². The first-order chi connectivity index (χ1) is 15.8. The number of esters is 1. The van der Waals surface area contributed by atoms with Gasteiger partial charge in [0.2, 0.25) is 0 Å². The number of hydrogen-bond donors (Lipinski definition) is 1. The molecule has 0 atom stereocenters. The second-order valence-corrected chi connectivity index (χ2v) is 7.28. The average Bonchev–Trinajstić information content (AvgIpc) is 2.80. The summed E-state index contributed by atoms with van der Waals surface area (Å²) >= 11 is 5.81. The van der Waals surface area contributed by atoms with Gasteiger partial charge in [-0.3, -0.25) is 14.9 Å². The topological polar surface area (TPSA) is 122 Å². The number of halogens is 1. The molecule has 0 fully saturated rings. The van der Waals surface area contributed by atoms with E-state index in [2.05, 4.69) is 5.32 Å². The van der Waals surface area contributed by atoms with E-state index in [-0.39, 0.29) is 17.0 Å². The zero-order valence-electron chi connectivity index (χ0n) is 17.2. The third-order valence-electron chi connectivity index (χ3n) is 4.52. The van der Waals surface area contributed by atoms with Crippen molar-refractivity contribution in [2.24, 2.45) is 0 Å². The second-order valence-electron chi connectivity index (χ2n) is 6.85. The maximum atomic E-state index is 12.5. The average molecular weight is 462 g/mol. The Balaban J connectivity index is 1.70. The van der Waals surface area contributed by atoms with Crippen molar-refractivity contribution in [3.63, 3.8) is 0 Å². The standard InChI is InChI=1S/C24H16ClN3O5/c1-15-12-20(28(31)32)8-11-22(15)27-23(29)18(14-26)13-16-2-9-21(10-3-16)33-24(30)17-4-6-19(25)7-5-17/h2-13H,1H3,(H,27,29)/b18-13+. The van der Waals surface area contributed by atoms with Crippen LogP contribution in [0.2, 0.25) is 5.02 Å². The number of ether oxygens (including phenoxy) is 1. The highest BCUT2D eigenvalue weighted by molar-refractivity contribution is 6.30. The Labute approximate surface area is 193 Å². The number of carbonyl (C=O) groups is 2. The highest BCUT2D eigenvalue weighted by Crippen LogP contribution is 2.22. The summed E-state index contributed by atoms with van der Waals surface area (Å²) in [5.74, 6) is -0.922. The molecule has 0 saturated carbocycles. The molecule has 3 aromatic rings. The van der Waals surface area contributed by atoms with Crippen LogP contribution < -0.4 is 10.1 Å². The molecule has 9 heteroatoms. The number of non-ortho nitro benzene ring substituents is 1. The van der Waals surface area contributed by atoms with E-state index >= 15 is 0 Å². The minimum atomic E-state index is -0.660. The molecule has 8 nitrogen and oxygen atoms in total. The summed E-state index contributed by atoms with van der Waals surface area (Å²) in [6.45, 7) is 1.61. The number of nitrogens with zero attached hydrogens (tertiary/aromatic N) is 2. The van der Waals surface area contributed by atoms with E-state index in [0.717, 1.165) is 0 Å². The molecule has 1 amide bonds. The van der Waals surface area contributed by atoms with Crippen molar-refractivity contribution in [3.05, 3.63) is 104 Å². The monoisotopic (exact) mass is 461 g/mol. The molecular weight excluding hydrogens is 446 g/mol. The number of aryl methyl sites for hydroxylation is 1. The van der Waals surface area contributed by atoms with Crippen molar-refractivity contribution >= 4 is 40.9 Å². The summed E-state index contributed by atoms with van der Waals surface area (Å²) in [5.41, 5.74) is 1.46. The third kappa shape index (κ3) is 6.03. The number of nitriles is 1. The van der Waals surface area contributed by atoms with Crippen molar-refractivity contribution in [3.8, 4) is 11.8 Å².